The van der Waals surface area contributed by atoms with E-state index in [9.17, 15) is 0 Å². The van der Waals surface area contributed by atoms with Gasteiger partial charge in [0.05, 0.1) is 0 Å². The molecule has 0 aliphatic heterocycles. The van der Waals surface area contributed by atoms with Crippen molar-refractivity contribution in [3.8, 4) is 11.6 Å². The average molecular weight is 308 g/mol. The second-order valence-corrected chi connectivity index (χ2v) is 5.11. The molecule has 94 valence electrons. The molecule has 0 aliphatic rings. The van der Waals surface area contributed by atoms with E-state index in [2.05, 4.69) is 39.7 Å². The van der Waals surface area contributed by atoms with Gasteiger partial charge in [-0.1, -0.05) is 29.8 Å². The Hall–Kier alpha value is -1.62. The molecule has 0 unspecified atom stereocenters. The van der Waals surface area contributed by atoms with Crippen molar-refractivity contribution in [3.05, 3.63) is 40.5 Å². The number of hydrogen-bond acceptors (Lipinski definition) is 4. The fourth-order valence-electron chi connectivity index (χ4n) is 1.59. The predicted molar refractivity (Wildman–Crippen MR) is 74.7 cm³/mol. The van der Waals surface area contributed by atoms with E-state index in [1.807, 2.05) is 18.2 Å². The lowest BCUT2D eigenvalue weighted by Crippen LogP contribution is -1.98. The van der Waals surface area contributed by atoms with Crippen LogP contribution in [-0.4, -0.2) is 9.97 Å². The first-order valence-electron chi connectivity index (χ1n) is 5.62. The van der Waals surface area contributed by atoms with Crippen molar-refractivity contribution < 1.29 is 4.74 Å². The van der Waals surface area contributed by atoms with Crippen LogP contribution < -0.4 is 10.5 Å². The van der Waals surface area contributed by atoms with Gasteiger partial charge in [0.2, 0.25) is 11.8 Å². The van der Waals surface area contributed by atoms with Crippen LogP contribution in [0.1, 0.15) is 25.3 Å². The summed E-state index contributed by atoms with van der Waals surface area (Å²) < 4.78 is 6.78. The number of rotatable bonds is 3. The van der Waals surface area contributed by atoms with E-state index < -0.39 is 0 Å². The number of ether oxygens (including phenoxy) is 1. The lowest BCUT2D eigenvalue weighted by Gasteiger charge is -2.13. The Balaban J connectivity index is 2.34. The average Bonchev–Trinajstić information content (AvgIpc) is 2.31. The quantitative estimate of drug-likeness (QED) is 0.938. The maximum atomic E-state index is 5.75. The molecule has 0 atom stereocenters. The van der Waals surface area contributed by atoms with Crippen LogP contribution in [0.15, 0.2) is 34.9 Å². The number of benzene rings is 1. The van der Waals surface area contributed by atoms with Gasteiger partial charge in [-0.3, -0.25) is 0 Å². The molecular formula is C13H14BrN3O. The van der Waals surface area contributed by atoms with Crippen molar-refractivity contribution in [2.24, 2.45) is 0 Å². The lowest BCUT2D eigenvalue weighted by molar-refractivity contribution is 0.454. The highest BCUT2D eigenvalue weighted by atomic mass is 79.9. The molecule has 0 amide bonds. The van der Waals surface area contributed by atoms with Crippen LogP contribution in [0.4, 0.5) is 5.95 Å². The van der Waals surface area contributed by atoms with Gasteiger partial charge < -0.3 is 10.5 Å². The molecule has 2 rings (SSSR count). The Labute approximate surface area is 114 Å². The zero-order valence-corrected chi connectivity index (χ0v) is 11.8. The molecule has 0 aliphatic carbocycles. The molecule has 0 spiro atoms. The highest BCUT2D eigenvalue weighted by Crippen LogP contribution is 2.32. The Morgan fingerprint density at radius 2 is 2.06 bits per heavy atom. The Bertz CT molecular complexity index is 558. The number of hydrogen-bond donors (Lipinski definition) is 1. The number of aromatic nitrogens is 2. The van der Waals surface area contributed by atoms with Crippen molar-refractivity contribution in [1.29, 1.82) is 0 Å². The highest BCUT2D eigenvalue weighted by molar-refractivity contribution is 9.10. The Kier molecular flexibility index (Phi) is 3.81. The third-order valence-corrected chi connectivity index (χ3v) is 2.95. The molecule has 0 radical (unpaired) electrons. The largest absolute Gasteiger partial charge is 0.439 e. The van der Waals surface area contributed by atoms with Gasteiger partial charge in [-0.25, -0.2) is 4.98 Å². The fourth-order valence-corrected chi connectivity index (χ4v) is 1.97. The molecule has 5 heteroatoms. The van der Waals surface area contributed by atoms with Gasteiger partial charge in [0, 0.05) is 16.7 Å². The smallest absolute Gasteiger partial charge is 0.224 e. The number of halogens is 1. The third kappa shape index (κ3) is 2.98. The summed E-state index contributed by atoms with van der Waals surface area (Å²) in [5, 5.41) is 0. The number of nitrogens with zero attached hydrogens (tertiary/aromatic N) is 2. The van der Waals surface area contributed by atoms with E-state index in [4.69, 9.17) is 10.5 Å². The molecule has 2 aromatic rings. The van der Waals surface area contributed by atoms with E-state index in [1.165, 1.54) is 0 Å². The lowest BCUT2D eigenvalue weighted by atomic mass is 10.0. The second kappa shape index (κ2) is 5.35. The van der Waals surface area contributed by atoms with Crippen LogP contribution in [0, 0.1) is 0 Å². The monoisotopic (exact) mass is 307 g/mol. The second-order valence-electron chi connectivity index (χ2n) is 4.19. The molecule has 0 fully saturated rings. The summed E-state index contributed by atoms with van der Waals surface area (Å²) in [5.41, 5.74) is 6.64. The fraction of sp³-hybridized carbons (Fsp3) is 0.231. The van der Waals surface area contributed by atoms with Crippen molar-refractivity contribution in [2.45, 2.75) is 19.8 Å². The summed E-state index contributed by atoms with van der Waals surface area (Å²) >= 11 is 3.46. The zero-order valence-electron chi connectivity index (χ0n) is 10.2. The topological polar surface area (TPSA) is 61.0 Å². The Morgan fingerprint density at radius 3 is 2.72 bits per heavy atom. The van der Waals surface area contributed by atoms with Gasteiger partial charge in [-0.15, -0.1) is 0 Å². The van der Waals surface area contributed by atoms with Gasteiger partial charge >= 0.3 is 0 Å². The number of nitrogen functional groups attached to an aromatic ring is 1. The maximum absolute atomic E-state index is 5.75. The van der Waals surface area contributed by atoms with Crippen LogP contribution in [0.2, 0.25) is 0 Å². The minimum absolute atomic E-state index is 0.204. The van der Waals surface area contributed by atoms with Gasteiger partial charge in [0.15, 0.2) is 0 Å². The molecule has 1 aromatic carbocycles. The highest BCUT2D eigenvalue weighted by Gasteiger charge is 2.10. The summed E-state index contributed by atoms with van der Waals surface area (Å²) in [4.78, 5) is 7.86. The van der Waals surface area contributed by atoms with Crippen LogP contribution in [0.25, 0.3) is 0 Å². The van der Waals surface area contributed by atoms with Gasteiger partial charge in [-0.2, -0.15) is 4.98 Å². The molecule has 0 bridgehead atoms. The van der Waals surface area contributed by atoms with Crippen molar-refractivity contribution in [3.63, 3.8) is 0 Å². The van der Waals surface area contributed by atoms with Gasteiger partial charge in [0.1, 0.15) is 5.75 Å². The van der Waals surface area contributed by atoms with E-state index in [-0.39, 0.29) is 5.95 Å². The van der Waals surface area contributed by atoms with Crippen LogP contribution in [-0.2, 0) is 0 Å². The van der Waals surface area contributed by atoms with Crippen LogP contribution in [0.5, 0.6) is 11.6 Å². The van der Waals surface area contributed by atoms with Gasteiger partial charge in [-0.05, 0) is 29.7 Å². The standard InChI is InChI=1S/C13H14BrN3O/c1-8(2)10-7-9(14)3-4-11(10)18-12-5-6-16-13(15)17-12/h3-8H,1-2H3,(H2,15,16,17). The molecule has 0 saturated carbocycles. The molecule has 1 heterocycles. The van der Waals surface area contributed by atoms with Crippen LogP contribution >= 0.6 is 15.9 Å². The molecule has 4 nitrogen and oxygen atoms in total. The first-order valence-corrected chi connectivity index (χ1v) is 6.41. The third-order valence-electron chi connectivity index (χ3n) is 2.46. The summed E-state index contributed by atoms with van der Waals surface area (Å²) in [6.07, 6.45) is 1.57. The van der Waals surface area contributed by atoms with Gasteiger partial charge in [0.25, 0.3) is 0 Å². The summed E-state index contributed by atoms with van der Waals surface area (Å²) in [5.74, 6) is 1.80. The molecule has 2 N–H and O–H groups in total. The minimum Gasteiger partial charge on any atom is -0.439 e. The SMILES string of the molecule is CC(C)c1cc(Br)ccc1Oc1ccnc(N)n1. The van der Waals surface area contributed by atoms with E-state index in [0.717, 1.165) is 15.8 Å². The first-order chi connectivity index (χ1) is 8.56. The Morgan fingerprint density at radius 1 is 1.28 bits per heavy atom. The van der Waals surface area contributed by atoms with E-state index in [1.54, 1.807) is 12.3 Å². The predicted octanol–water partition coefficient (Wildman–Crippen LogP) is 3.74. The summed E-state index contributed by atoms with van der Waals surface area (Å²) in [7, 11) is 0. The molecule has 18 heavy (non-hydrogen) atoms. The van der Waals surface area contributed by atoms with Crippen LogP contribution in [0.3, 0.4) is 0 Å². The number of anilines is 1. The molecular weight excluding hydrogens is 294 g/mol. The minimum atomic E-state index is 0.204. The van der Waals surface area contributed by atoms with E-state index in [0.29, 0.717) is 11.8 Å². The summed E-state index contributed by atoms with van der Waals surface area (Å²) in [6, 6.07) is 7.58. The molecule has 0 saturated heterocycles. The zero-order chi connectivity index (χ0) is 13.1. The first kappa shape index (κ1) is 12.8. The van der Waals surface area contributed by atoms with E-state index >= 15 is 0 Å². The maximum Gasteiger partial charge on any atom is 0.224 e. The van der Waals surface area contributed by atoms with Crippen molar-refractivity contribution in [2.75, 3.05) is 5.73 Å². The summed E-state index contributed by atoms with van der Waals surface area (Å²) in [6.45, 7) is 4.23. The van der Waals surface area contributed by atoms with Crippen molar-refractivity contribution in [1.82, 2.24) is 9.97 Å². The number of nitrogens with two attached hydrogens (primary N) is 1. The molecule has 1 aromatic heterocycles. The normalized spacial score (nSPS) is 10.7. The van der Waals surface area contributed by atoms with Crippen molar-refractivity contribution >= 4 is 21.9 Å².